The first-order valence-corrected chi connectivity index (χ1v) is 4.67. The molecule has 0 aromatic carbocycles. The SMILES string of the molecule is COCc1nc(C2OC=CO2)cs1. The summed E-state index contributed by atoms with van der Waals surface area (Å²) in [5.41, 5.74) is 0.794. The van der Waals surface area contributed by atoms with Gasteiger partial charge in [-0.2, -0.15) is 0 Å². The van der Waals surface area contributed by atoms with E-state index < -0.39 is 0 Å². The van der Waals surface area contributed by atoms with Crippen molar-refractivity contribution in [1.82, 2.24) is 4.98 Å². The van der Waals surface area contributed by atoms with Gasteiger partial charge in [0, 0.05) is 12.5 Å². The fourth-order valence-electron chi connectivity index (χ4n) is 1.00. The van der Waals surface area contributed by atoms with Crippen molar-refractivity contribution in [3.8, 4) is 0 Å². The van der Waals surface area contributed by atoms with E-state index in [0.29, 0.717) is 6.61 Å². The van der Waals surface area contributed by atoms with Gasteiger partial charge in [0.1, 0.15) is 23.2 Å². The van der Waals surface area contributed by atoms with Crippen LogP contribution in [0.25, 0.3) is 0 Å². The molecular weight excluding hydrogens is 190 g/mol. The van der Waals surface area contributed by atoms with Crippen LogP contribution in [0.3, 0.4) is 0 Å². The Hall–Kier alpha value is -1.07. The molecule has 0 spiro atoms. The van der Waals surface area contributed by atoms with Crippen LogP contribution in [0.15, 0.2) is 17.9 Å². The predicted octanol–water partition coefficient (Wildman–Crippen LogP) is 1.81. The van der Waals surface area contributed by atoms with E-state index in [4.69, 9.17) is 14.2 Å². The van der Waals surface area contributed by atoms with Crippen molar-refractivity contribution in [2.75, 3.05) is 7.11 Å². The Balaban J connectivity index is 2.04. The first kappa shape index (κ1) is 8.52. The van der Waals surface area contributed by atoms with Crippen molar-refractivity contribution in [2.24, 2.45) is 0 Å². The third-order valence-corrected chi connectivity index (χ3v) is 2.38. The fraction of sp³-hybridized carbons (Fsp3) is 0.375. The quantitative estimate of drug-likeness (QED) is 0.744. The van der Waals surface area contributed by atoms with E-state index in [-0.39, 0.29) is 6.29 Å². The van der Waals surface area contributed by atoms with Gasteiger partial charge in [-0.1, -0.05) is 0 Å². The standard InChI is InChI=1S/C8H9NO3S/c1-10-4-7-9-6(5-13-7)8-11-2-3-12-8/h2-3,5,8H,4H2,1H3. The Morgan fingerprint density at radius 1 is 1.54 bits per heavy atom. The molecule has 0 fully saturated rings. The first-order valence-electron chi connectivity index (χ1n) is 3.79. The van der Waals surface area contributed by atoms with Crippen molar-refractivity contribution in [3.63, 3.8) is 0 Å². The number of ether oxygens (including phenoxy) is 3. The third kappa shape index (κ3) is 1.81. The summed E-state index contributed by atoms with van der Waals surface area (Å²) in [6.45, 7) is 0.533. The summed E-state index contributed by atoms with van der Waals surface area (Å²) in [6, 6.07) is 0. The van der Waals surface area contributed by atoms with Gasteiger partial charge in [0.15, 0.2) is 0 Å². The van der Waals surface area contributed by atoms with Crippen molar-refractivity contribution < 1.29 is 14.2 Å². The zero-order valence-electron chi connectivity index (χ0n) is 7.10. The maximum atomic E-state index is 5.13. The summed E-state index contributed by atoms with van der Waals surface area (Å²) in [6.07, 6.45) is 2.65. The summed E-state index contributed by atoms with van der Waals surface area (Å²) < 4.78 is 15.2. The highest BCUT2D eigenvalue weighted by molar-refractivity contribution is 7.09. The molecule has 0 bridgehead atoms. The van der Waals surface area contributed by atoms with E-state index in [1.807, 2.05) is 5.38 Å². The van der Waals surface area contributed by atoms with Gasteiger partial charge in [0.2, 0.25) is 0 Å². The first-order chi connectivity index (χ1) is 6.40. The minimum Gasteiger partial charge on any atom is -0.454 e. The van der Waals surface area contributed by atoms with Gasteiger partial charge in [-0.15, -0.1) is 11.3 Å². The molecule has 0 N–H and O–H groups in total. The van der Waals surface area contributed by atoms with E-state index in [1.165, 1.54) is 23.9 Å². The molecule has 70 valence electrons. The Kier molecular flexibility index (Phi) is 2.47. The van der Waals surface area contributed by atoms with Crippen LogP contribution in [0, 0.1) is 0 Å². The number of methoxy groups -OCH3 is 1. The molecule has 13 heavy (non-hydrogen) atoms. The van der Waals surface area contributed by atoms with Gasteiger partial charge in [-0.3, -0.25) is 0 Å². The highest BCUT2D eigenvalue weighted by atomic mass is 32.1. The van der Waals surface area contributed by atoms with Crippen molar-refractivity contribution in [2.45, 2.75) is 12.9 Å². The zero-order chi connectivity index (χ0) is 9.10. The highest BCUT2D eigenvalue weighted by Gasteiger charge is 2.18. The summed E-state index contributed by atoms with van der Waals surface area (Å²) in [5, 5.41) is 2.84. The van der Waals surface area contributed by atoms with Gasteiger partial charge < -0.3 is 14.2 Å². The van der Waals surface area contributed by atoms with Gasteiger partial charge in [0.25, 0.3) is 6.29 Å². The lowest BCUT2D eigenvalue weighted by atomic mass is 10.5. The minimum atomic E-state index is -0.373. The smallest absolute Gasteiger partial charge is 0.284 e. The topological polar surface area (TPSA) is 40.6 Å². The maximum absolute atomic E-state index is 5.13. The molecule has 0 saturated carbocycles. The molecule has 0 atom stereocenters. The Labute approximate surface area is 79.8 Å². The summed E-state index contributed by atoms with van der Waals surface area (Å²) >= 11 is 1.54. The van der Waals surface area contributed by atoms with Crippen LogP contribution in [-0.4, -0.2) is 12.1 Å². The molecule has 0 aliphatic carbocycles. The molecule has 1 aromatic heterocycles. The van der Waals surface area contributed by atoms with Crippen LogP contribution in [0.4, 0.5) is 0 Å². The maximum Gasteiger partial charge on any atom is 0.284 e. The van der Waals surface area contributed by atoms with Crippen LogP contribution in [0.2, 0.25) is 0 Å². The molecule has 1 aromatic rings. The van der Waals surface area contributed by atoms with Crippen LogP contribution in [0.5, 0.6) is 0 Å². The summed E-state index contributed by atoms with van der Waals surface area (Å²) in [5.74, 6) is 0. The van der Waals surface area contributed by atoms with E-state index in [0.717, 1.165) is 10.7 Å². The third-order valence-electron chi connectivity index (χ3n) is 1.54. The molecule has 0 radical (unpaired) electrons. The Morgan fingerprint density at radius 3 is 3.00 bits per heavy atom. The van der Waals surface area contributed by atoms with Gasteiger partial charge >= 0.3 is 0 Å². The Bertz CT molecular complexity index is 302. The van der Waals surface area contributed by atoms with E-state index >= 15 is 0 Å². The second-order valence-electron chi connectivity index (χ2n) is 2.48. The molecule has 5 heteroatoms. The minimum absolute atomic E-state index is 0.373. The monoisotopic (exact) mass is 199 g/mol. The largest absolute Gasteiger partial charge is 0.454 e. The lowest BCUT2D eigenvalue weighted by Gasteiger charge is -2.05. The normalized spacial score (nSPS) is 15.8. The predicted molar refractivity (Wildman–Crippen MR) is 46.9 cm³/mol. The van der Waals surface area contributed by atoms with E-state index in [1.54, 1.807) is 7.11 Å². The number of rotatable bonds is 3. The summed E-state index contributed by atoms with van der Waals surface area (Å²) in [4.78, 5) is 4.29. The molecule has 0 unspecified atom stereocenters. The second kappa shape index (κ2) is 3.76. The van der Waals surface area contributed by atoms with Crippen LogP contribution in [0.1, 0.15) is 17.0 Å². The van der Waals surface area contributed by atoms with E-state index in [9.17, 15) is 0 Å². The van der Waals surface area contributed by atoms with Crippen LogP contribution >= 0.6 is 11.3 Å². The van der Waals surface area contributed by atoms with Crippen LogP contribution in [-0.2, 0) is 20.8 Å². The Morgan fingerprint density at radius 2 is 2.31 bits per heavy atom. The van der Waals surface area contributed by atoms with Crippen molar-refractivity contribution in [1.29, 1.82) is 0 Å². The molecular formula is C8H9NO3S. The molecule has 1 aliphatic rings. The second-order valence-corrected chi connectivity index (χ2v) is 3.42. The lowest BCUT2D eigenvalue weighted by Crippen LogP contribution is -1.98. The number of hydrogen-bond donors (Lipinski definition) is 0. The van der Waals surface area contributed by atoms with Crippen LogP contribution < -0.4 is 0 Å². The fourth-order valence-corrected chi connectivity index (χ4v) is 1.77. The average molecular weight is 199 g/mol. The molecule has 0 saturated heterocycles. The molecule has 2 rings (SSSR count). The van der Waals surface area contributed by atoms with Crippen molar-refractivity contribution in [3.05, 3.63) is 28.6 Å². The summed E-state index contributed by atoms with van der Waals surface area (Å²) in [7, 11) is 1.64. The number of thiazole rings is 1. The highest BCUT2D eigenvalue weighted by Crippen LogP contribution is 2.25. The average Bonchev–Trinajstić information content (AvgIpc) is 2.70. The molecule has 0 amide bonds. The molecule has 1 aliphatic heterocycles. The van der Waals surface area contributed by atoms with E-state index in [2.05, 4.69) is 4.98 Å². The number of nitrogens with zero attached hydrogens (tertiary/aromatic N) is 1. The van der Waals surface area contributed by atoms with Gasteiger partial charge in [-0.05, 0) is 0 Å². The number of hydrogen-bond acceptors (Lipinski definition) is 5. The molecule has 2 heterocycles. The van der Waals surface area contributed by atoms with Gasteiger partial charge in [0.05, 0.1) is 6.61 Å². The number of aromatic nitrogens is 1. The van der Waals surface area contributed by atoms with Gasteiger partial charge in [-0.25, -0.2) is 4.98 Å². The molecule has 4 nitrogen and oxygen atoms in total. The van der Waals surface area contributed by atoms with Crippen molar-refractivity contribution >= 4 is 11.3 Å². The zero-order valence-corrected chi connectivity index (χ0v) is 7.91. The lowest BCUT2D eigenvalue weighted by molar-refractivity contribution is -0.0277.